The first-order valence-electron chi connectivity index (χ1n) is 6.90. The van der Waals surface area contributed by atoms with Gasteiger partial charge in [-0.25, -0.2) is 0 Å². The molecule has 1 atom stereocenters. The number of hydrogen-bond donors (Lipinski definition) is 1. The molecular weight excluding hydrogens is 282 g/mol. The van der Waals surface area contributed by atoms with Gasteiger partial charge in [-0.2, -0.15) is 5.26 Å². The zero-order valence-electron chi connectivity index (χ0n) is 12.3. The number of aryl methyl sites for hydroxylation is 1. The van der Waals surface area contributed by atoms with Crippen molar-refractivity contribution in [3.05, 3.63) is 42.2 Å². The van der Waals surface area contributed by atoms with Crippen molar-refractivity contribution in [3.63, 3.8) is 0 Å². The zero-order valence-corrected chi connectivity index (χ0v) is 13.1. The molecule has 0 saturated carbocycles. The quantitative estimate of drug-likeness (QED) is 0.795. The summed E-state index contributed by atoms with van der Waals surface area (Å²) >= 11 is 1.53. The molecule has 5 nitrogen and oxygen atoms in total. The lowest BCUT2D eigenvalue weighted by molar-refractivity contribution is 0.473. The lowest BCUT2D eigenvalue weighted by Gasteiger charge is -2.28. The van der Waals surface area contributed by atoms with Crippen LogP contribution in [0.2, 0.25) is 0 Å². The largest absolute Gasteiger partial charge is 0.312 e. The molecule has 110 valence electrons. The van der Waals surface area contributed by atoms with Gasteiger partial charge in [0.2, 0.25) is 0 Å². The number of rotatable bonds is 7. The van der Waals surface area contributed by atoms with E-state index in [2.05, 4.69) is 28.5 Å². The van der Waals surface area contributed by atoms with E-state index in [0.717, 1.165) is 23.7 Å². The molecule has 0 aliphatic rings. The Hall–Kier alpha value is -1.84. The molecule has 1 unspecified atom stereocenters. The Morgan fingerprint density at radius 3 is 2.71 bits per heavy atom. The van der Waals surface area contributed by atoms with Crippen LogP contribution in [0.25, 0.3) is 0 Å². The fourth-order valence-corrected chi connectivity index (χ4v) is 3.04. The van der Waals surface area contributed by atoms with Crippen molar-refractivity contribution >= 4 is 11.8 Å². The SMILES string of the molecule is CCCNC(C#N)(CSc1nncn1C)c1ccccc1. The first kappa shape index (κ1) is 15.5. The molecule has 0 saturated heterocycles. The van der Waals surface area contributed by atoms with E-state index >= 15 is 0 Å². The maximum absolute atomic E-state index is 9.79. The second kappa shape index (κ2) is 7.25. The Kier molecular flexibility index (Phi) is 5.37. The normalized spacial score (nSPS) is 13.6. The number of benzene rings is 1. The van der Waals surface area contributed by atoms with E-state index in [-0.39, 0.29) is 0 Å². The van der Waals surface area contributed by atoms with Crippen molar-refractivity contribution in [1.29, 1.82) is 5.26 Å². The van der Waals surface area contributed by atoms with Crippen molar-refractivity contribution in [2.24, 2.45) is 7.05 Å². The highest BCUT2D eigenvalue weighted by Gasteiger charge is 2.32. The molecule has 21 heavy (non-hydrogen) atoms. The van der Waals surface area contributed by atoms with E-state index in [0.29, 0.717) is 5.75 Å². The van der Waals surface area contributed by atoms with Gasteiger partial charge in [0.05, 0.1) is 6.07 Å². The highest BCUT2D eigenvalue weighted by molar-refractivity contribution is 7.99. The second-order valence-corrected chi connectivity index (χ2v) is 5.77. The van der Waals surface area contributed by atoms with Crippen LogP contribution in [0.1, 0.15) is 18.9 Å². The molecule has 6 heteroatoms. The predicted octanol–water partition coefficient (Wildman–Crippen LogP) is 2.33. The highest BCUT2D eigenvalue weighted by Crippen LogP contribution is 2.28. The number of aromatic nitrogens is 3. The summed E-state index contributed by atoms with van der Waals surface area (Å²) in [7, 11) is 1.90. The molecule has 0 fully saturated rings. The predicted molar refractivity (Wildman–Crippen MR) is 83.8 cm³/mol. The van der Waals surface area contributed by atoms with Gasteiger partial charge in [-0.05, 0) is 18.5 Å². The lowest BCUT2D eigenvalue weighted by atomic mass is 9.93. The molecule has 1 N–H and O–H groups in total. The maximum Gasteiger partial charge on any atom is 0.190 e. The van der Waals surface area contributed by atoms with E-state index in [9.17, 15) is 5.26 Å². The van der Waals surface area contributed by atoms with Gasteiger partial charge < -0.3 is 4.57 Å². The maximum atomic E-state index is 9.79. The molecule has 0 amide bonds. The van der Waals surface area contributed by atoms with Crippen LogP contribution in [0.15, 0.2) is 41.8 Å². The van der Waals surface area contributed by atoms with E-state index in [4.69, 9.17) is 0 Å². The Labute approximate surface area is 129 Å². The van der Waals surface area contributed by atoms with Crippen molar-refractivity contribution < 1.29 is 0 Å². The van der Waals surface area contributed by atoms with E-state index < -0.39 is 5.54 Å². The number of hydrogen-bond acceptors (Lipinski definition) is 5. The van der Waals surface area contributed by atoms with Gasteiger partial charge in [-0.15, -0.1) is 10.2 Å². The number of thioether (sulfide) groups is 1. The van der Waals surface area contributed by atoms with Gasteiger partial charge in [0.15, 0.2) is 5.16 Å². The molecule has 1 aromatic carbocycles. The first-order chi connectivity index (χ1) is 10.2. The summed E-state index contributed by atoms with van der Waals surface area (Å²) in [5, 5.41) is 21.9. The van der Waals surface area contributed by atoms with E-state index in [1.165, 1.54) is 11.8 Å². The van der Waals surface area contributed by atoms with Crippen molar-refractivity contribution in [1.82, 2.24) is 20.1 Å². The third-order valence-electron chi connectivity index (χ3n) is 3.22. The van der Waals surface area contributed by atoms with Crippen molar-refractivity contribution in [3.8, 4) is 6.07 Å². The minimum Gasteiger partial charge on any atom is -0.312 e. The van der Waals surface area contributed by atoms with E-state index in [1.807, 2.05) is 41.9 Å². The molecule has 2 rings (SSSR count). The summed E-state index contributed by atoms with van der Waals surface area (Å²) in [6, 6.07) is 12.3. The Morgan fingerprint density at radius 1 is 1.38 bits per heavy atom. The summed E-state index contributed by atoms with van der Waals surface area (Å²) in [6.07, 6.45) is 2.64. The lowest BCUT2D eigenvalue weighted by Crippen LogP contribution is -2.44. The van der Waals surface area contributed by atoms with Gasteiger partial charge in [0.25, 0.3) is 0 Å². The minimum atomic E-state index is -0.714. The molecule has 0 aliphatic carbocycles. The van der Waals surface area contributed by atoms with Crippen LogP contribution in [0.4, 0.5) is 0 Å². The number of nitrogens with one attached hydrogen (secondary N) is 1. The first-order valence-corrected chi connectivity index (χ1v) is 7.89. The average Bonchev–Trinajstić information content (AvgIpc) is 2.94. The van der Waals surface area contributed by atoms with E-state index in [1.54, 1.807) is 6.33 Å². The second-order valence-electron chi connectivity index (χ2n) is 4.82. The van der Waals surface area contributed by atoms with Crippen LogP contribution in [0, 0.1) is 11.3 Å². The minimum absolute atomic E-state index is 0.583. The van der Waals surface area contributed by atoms with Crippen LogP contribution in [0.5, 0.6) is 0 Å². The summed E-state index contributed by atoms with van der Waals surface area (Å²) < 4.78 is 1.86. The molecule has 0 aliphatic heterocycles. The number of nitriles is 1. The van der Waals surface area contributed by atoms with Gasteiger partial charge >= 0.3 is 0 Å². The summed E-state index contributed by atoms with van der Waals surface area (Å²) in [4.78, 5) is 0. The van der Waals surface area contributed by atoms with Gasteiger partial charge in [0, 0.05) is 12.8 Å². The molecule has 0 bridgehead atoms. The molecule has 1 aromatic heterocycles. The van der Waals surface area contributed by atoms with Gasteiger partial charge in [-0.3, -0.25) is 5.32 Å². The smallest absolute Gasteiger partial charge is 0.190 e. The fraction of sp³-hybridized carbons (Fsp3) is 0.400. The molecular formula is C15H19N5S. The Bertz CT molecular complexity index is 604. The molecule has 1 heterocycles. The Morgan fingerprint density at radius 2 is 2.14 bits per heavy atom. The van der Waals surface area contributed by atoms with Crippen molar-refractivity contribution in [2.45, 2.75) is 24.0 Å². The van der Waals surface area contributed by atoms with Crippen LogP contribution in [0.3, 0.4) is 0 Å². The number of nitrogens with zero attached hydrogens (tertiary/aromatic N) is 4. The highest BCUT2D eigenvalue weighted by atomic mass is 32.2. The molecule has 0 spiro atoms. The van der Waals surface area contributed by atoms with Gasteiger partial charge in [-0.1, -0.05) is 49.0 Å². The summed E-state index contributed by atoms with van der Waals surface area (Å²) in [6.45, 7) is 2.89. The molecule has 0 radical (unpaired) electrons. The Balaban J connectivity index is 2.23. The standard InChI is InChI=1S/C15H19N5S/c1-3-9-17-15(10-16,13-7-5-4-6-8-13)11-21-14-19-18-12-20(14)2/h4-8,12,17H,3,9,11H2,1-2H3. The van der Waals surface area contributed by atoms with Gasteiger partial charge in [0.1, 0.15) is 11.9 Å². The van der Waals surface area contributed by atoms with Crippen LogP contribution in [-0.2, 0) is 12.6 Å². The third kappa shape index (κ3) is 3.63. The average molecular weight is 301 g/mol. The molecule has 2 aromatic rings. The van der Waals surface area contributed by atoms with Crippen LogP contribution in [-0.4, -0.2) is 27.1 Å². The fourth-order valence-electron chi connectivity index (χ4n) is 2.01. The third-order valence-corrected chi connectivity index (χ3v) is 4.43. The van der Waals surface area contributed by atoms with Crippen LogP contribution < -0.4 is 5.32 Å². The zero-order chi connectivity index (χ0) is 15.1. The topological polar surface area (TPSA) is 66.5 Å². The summed E-state index contributed by atoms with van der Waals surface area (Å²) in [5.74, 6) is 0.583. The van der Waals surface area contributed by atoms with Crippen molar-refractivity contribution in [2.75, 3.05) is 12.3 Å². The summed E-state index contributed by atoms with van der Waals surface area (Å²) in [5.41, 5.74) is 0.268. The van der Waals surface area contributed by atoms with Crippen LogP contribution >= 0.6 is 11.8 Å². The monoisotopic (exact) mass is 301 g/mol.